The van der Waals surface area contributed by atoms with E-state index in [1.807, 2.05) is 0 Å². The topological polar surface area (TPSA) is 35.5 Å². The summed E-state index contributed by atoms with van der Waals surface area (Å²) >= 11 is 2.93. The molecule has 3 nitrogen and oxygen atoms in total. The number of ether oxygens (including phenoxy) is 2. The van der Waals surface area contributed by atoms with Crippen molar-refractivity contribution in [3.63, 3.8) is 0 Å². The van der Waals surface area contributed by atoms with Gasteiger partial charge in [-0.2, -0.15) is 4.39 Å². The van der Waals surface area contributed by atoms with Gasteiger partial charge in [-0.3, -0.25) is 0 Å². The molecule has 0 aliphatic carbocycles. The minimum Gasteiger partial charge on any atom is -0.461 e. The number of halogens is 3. The van der Waals surface area contributed by atoms with Crippen LogP contribution in [0, 0.1) is 5.82 Å². The Bertz CT molecular complexity index is 384. The Morgan fingerprint density at radius 3 is 2.81 bits per heavy atom. The van der Waals surface area contributed by atoms with Crippen molar-refractivity contribution in [3.8, 4) is 5.75 Å². The number of rotatable bonds is 4. The quantitative estimate of drug-likeness (QED) is 0.801. The number of benzene rings is 1. The summed E-state index contributed by atoms with van der Waals surface area (Å²) in [5, 5.41) is 0. The number of esters is 1. The van der Waals surface area contributed by atoms with Crippen LogP contribution in [0.3, 0.4) is 0 Å². The Morgan fingerprint density at radius 2 is 2.25 bits per heavy atom. The van der Waals surface area contributed by atoms with E-state index in [0.717, 1.165) is 6.07 Å². The third kappa shape index (κ3) is 3.44. The molecule has 0 fully saturated rings. The number of alkyl halides is 1. The van der Waals surface area contributed by atoms with E-state index in [0.29, 0.717) is 0 Å². The highest BCUT2D eigenvalue weighted by atomic mass is 79.9. The van der Waals surface area contributed by atoms with Gasteiger partial charge in [0.1, 0.15) is 11.6 Å². The van der Waals surface area contributed by atoms with E-state index in [4.69, 9.17) is 0 Å². The average molecular weight is 295 g/mol. The first kappa shape index (κ1) is 12.9. The smallest absolute Gasteiger partial charge is 0.381 e. The van der Waals surface area contributed by atoms with Gasteiger partial charge in [0.25, 0.3) is 0 Å². The molecule has 0 aromatic heterocycles. The maximum absolute atomic E-state index is 13.1. The highest BCUT2D eigenvalue weighted by Gasteiger charge is 2.20. The van der Waals surface area contributed by atoms with Crippen molar-refractivity contribution in [2.24, 2.45) is 0 Å². The van der Waals surface area contributed by atoms with Gasteiger partial charge in [0.15, 0.2) is 0 Å². The van der Waals surface area contributed by atoms with Crippen LogP contribution in [0.25, 0.3) is 0 Å². The molecule has 16 heavy (non-hydrogen) atoms. The van der Waals surface area contributed by atoms with Crippen LogP contribution < -0.4 is 4.74 Å². The van der Waals surface area contributed by atoms with Gasteiger partial charge in [-0.1, -0.05) is 0 Å². The molecule has 0 radical (unpaired) electrons. The molecular formula is C10H9BrF2O3. The van der Waals surface area contributed by atoms with Gasteiger partial charge in [-0.15, -0.1) is 0 Å². The lowest BCUT2D eigenvalue weighted by Gasteiger charge is -2.10. The number of hydrogen-bond acceptors (Lipinski definition) is 3. The fraction of sp³-hybridized carbons (Fsp3) is 0.300. The molecule has 1 aromatic rings. The summed E-state index contributed by atoms with van der Waals surface area (Å²) in [6, 6.07) is 3.65. The van der Waals surface area contributed by atoms with E-state index >= 15 is 0 Å². The van der Waals surface area contributed by atoms with Crippen molar-refractivity contribution in [2.75, 3.05) is 6.61 Å². The van der Waals surface area contributed by atoms with Crippen LogP contribution in [-0.2, 0) is 9.53 Å². The second-order valence-corrected chi connectivity index (χ2v) is 3.62. The fourth-order valence-corrected chi connectivity index (χ4v) is 1.17. The van der Waals surface area contributed by atoms with E-state index in [1.165, 1.54) is 12.1 Å². The minimum atomic E-state index is -2.25. The van der Waals surface area contributed by atoms with E-state index in [-0.39, 0.29) is 16.8 Å². The second-order valence-electron chi connectivity index (χ2n) is 2.76. The predicted octanol–water partition coefficient (Wildman–Crippen LogP) is 2.83. The fourth-order valence-electron chi connectivity index (χ4n) is 0.926. The van der Waals surface area contributed by atoms with E-state index < -0.39 is 18.1 Å². The molecule has 0 bridgehead atoms. The number of carbonyl (C=O) groups is 1. The number of carbonyl (C=O) groups excluding carboxylic acids is 1. The van der Waals surface area contributed by atoms with Gasteiger partial charge in [-0.25, -0.2) is 9.18 Å². The summed E-state index contributed by atoms with van der Waals surface area (Å²) in [5.41, 5.74) is 0. The molecule has 0 aliphatic rings. The molecule has 88 valence electrons. The first-order valence-electron chi connectivity index (χ1n) is 4.47. The Labute approximate surface area is 99.5 Å². The molecule has 1 atom stereocenters. The second kappa shape index (κ2) is 5.79. The average Bonchev–Trinajstić information content (AvgIpc) is 2.24. The van der Waals surface area contributed by atoms with Crippen molar-refractivity contribution >= 4 is 21.9 Å². The summed E-state index contributed by atoms with van der Waals surface area (Å²) in [7, 11) is 0. The molecular weight excluding hydrogens is 286 g/mol. The van der Waals surface area contributed by atoms with Crippen LogP contribution in [0.4, 0.5) is 8.78 Å². The van der Waals surface area contributed by atoms with Crippen molar-refractivity contribution in [1.82, 2.24) is 0 Å². The molecule has 0 spiro atoms. The van der Waals surface area contributed by atoms with Crippen LogP contribution in [-0.4, -0.2) is 18.9 Å². The summed E-state index contributed by atoms with van der Waals surface area (Å²) < 4.78 is 35.3. The molecule has 0 saturated heterocycles. The molecule has 0 aliphatic heterocycles. The Morgan fingerprint density at radius 1 is 1.56 bits per heavy atom. The molecule has 6 heteroatoms. The van der Waals surface area contributed by atoms with Gasteiger partial charge >= 0.3 is 12.3 Å². The SMILES string of the molecule is CCOC(=O)C(F)Oc1ccc(Br)c(F)c1. The predicted molar refractivity (Wildman–Crippen MR) is 56.3 cm³/mol. The van der Waals surface area contributed by atoms with Crippen molar-refractivity contribution < 1.29 is 23.0 Å². The zero-order valence-electron chi connectivity index (χ0n) is 8.38. The maximum atomic E-state index is 13.1. The van der Waals surface area contributed by atoms with Crippen LogP contribution in [0.1, 0.15) is 6.92 Å². The molecule has 0 N–H and O–H groups in total. The van der Waals surface area contributed by atoms with Crippen molar-refractivity contribution in [3.05, 3.63) is 28.5 Å². The van der Waals surface area contributed by atoms with E-state index in [9.17, 15) is 13.6 Å². The maximum Gasteiger partial charge on any atom is 0.381 e. The first-order chi connectivity index (χ1) is 7.54. The van der Waals surface area contributed by atoms with Crippen molar-refractivity contribution in [1.29, 1.82) is 0 Å². The molecule has 1 unspecified atom stereocenters. The van der Waals surface area contributed by atoms with Crippen LogP contribution >= 0.6 is 15.9 Å². The number of hydrogen-bond donors (Lipinski definition) is 0. The van der Waals surface area contributed by atoms with Gasteiger partial charge < -0.3 is 9.47 Å². The monoisotopic (exact) mass is 294 g/mol. The van der Waals surface area contributed by atoms with Crippen molar-refractivity contribution in [2.45, 2.75) is 13.3 Å². The summed E-state index contributed by atoms with van der Waals surface area (Å²) in [6.45, 7) is 1.60. The van der Waals surface area contributed by atoms with E-state index in [1.54, 1.807) is 6.92 Å². The minimum absolute atomic E-state index is 0.0529. The Hall–Kier alpha value is -1.17. The lowest BCUT2D eigenvalue weighted by molar-refractivity contribution is -0.159. The lowest BCUT2D eigenvalue weighted by atomic mass is 10.3. The van der Waals surface area contributed by atoms with Gasteiger partial charge in [-0.05, 0) is 35.0 Å². The summed E-state index contributed by atoms with van der Waals surface area (Å²) in [4.78, 5) is 10.9. The highest BCUT2D eigenvalue weighted by molar-refractivity contribution is 9.10. The third-order valence-electron chi connectivity index (χ3n) is 1.60. The lowest BCUT2D eigenvalue weighted by Crippen LogP contribution is -2.24. The Kier molecular flexibility index (Phi) is 4.67. The molecule has 0 amide bonds. The van der Waals surface area contributed by atoms with Gasteiger partial charge in [0.05, 0.1) is 11.1 Å². The molecule has 0 saturated carbocycles. The third-order valence-corrected chi connectivity index (χ3v) is 2.25. The zero-order valence-corrected chi connectivity index (χ0v) is 9.96. The van der Waals surface area contributed by atoms with Crippen LogP contribution in [0.15, 0.2) is 22.7 Å². The van der Waals surface area contributed by atoms with Gasteiger partial charge in [0.2, 0.25) is 0 Å². The molecule has 1 aromatic carbocycles. The van der Waals surface area contributed by atoms with E-state index in [2.05, 4.69) is 25.4 Å². The first-order valence-corrected chi connectivity index (χ1v) is 5.26. The Balaban J connectivity index is 2.66. The van der Waals surface area contributed by atoms with Gasteiger partial charge in [0, 0.05) is 6.07 Å². The molecule has 1 rings (SSSR count). The largest absolute Gasteiger partial charge is 0.461 e. The van der Waals surface area contributed by atoms with Crippen LogP contribution in [0.2, 0.25) is 0 Å². The zero-order chi connectivity index (χ0) is 12.1. The normalized spacial score (nSPS) is 12.0. The standard InChI is InChI=1S/C10H9BrF2O3/c1-2-15-10(14)9(13)16-6-3-4-7(11)8(12)5-6/h3-5,9H,2H2,1H3. The summed E-state index contributed by atoms with van der Waals surface area (Å²) in [6.07, 6.45) is -2.25. The summed E-state index contributed by atoms with van der Waals surface area (Å²) in [5.74, 6) is -1.82. The molecule has 0 heterocycles. The highest BCUT2D eigenvalue weighted by Crippen LogP contribution is 2.22. The van der Waals surface area contributed by atoms with Crippen LogP contribution in [0.5, 0.6) is 5.75 Å².